The second kappa shape index (κ2) is 6.47. The van der Waals surface area contributed by atoms with Gasteiger partial charge in [0.05, 0.1) is 0 Å². The van der Waals surface area contributed by atoms with Gasteiger partial charge in [-0.2, -0.15) is 0 Å². The molecule has 0 heterocycles. The van der Waals surface area contributed by atoms with E-state index in [1.54, 1.807) is 12.1 Å². The summed E-state index contributed by atoms with van der Waals surface area (Å²) < 4.78 is 0. The molecule has 0 unspecified atom stereocenters. The minimum Gasteiger partial charge on any atom is -0.508 e. The summed E-state index contributed by atoms with van der Waals surface area (Å²) in [5, 5.41) is 19.5. The van der Waals surface area contributed by atoms with Crippen molar-refractivity contribution in [3.8, 4) is 22.6 Å². The maximum Gasteiger partial charge on any atom is 0.118 e. The van der Waals surface area contributed by atoms with E-state index in [-0.39, 0.29) is 0 Å². The van der Waals surface area contributed by atoms with Gasteiger partial charge in [-0.1, -0.05) is 38.8 Å². The molecule has 2 heteroatoms. The maximum absolute atomic E-state index is 9.89. The van der Waals surface area contributed by atoms with Crippen LogP contribution in [0, 0.1) is 0 Å². The third-order valence-electron chi connectivity index (χ3n) is 3.52. The molecule has 2 nitrogen and oxygen atoms in total. The summed E-state index contributed by atoms with van der Waals surface area (Å²) in [6, 6.07) is 11.3. The van der Waals surface area contributed by atoms with Gasteiger partial charge in [0.25, 0.3) is 0 Å². The molecule has 0 aliphatic carbocycles. The Balaban J connectivity index is 2.47. The average molecular weight is 270 g/mol. The van der Waals surface area contributed by atoms with E-state index in [4.69, 9.17) is 0 Å². The zero-order valence-electron chi connectivity index (χ0n) is 12.2. The van der Waals surface area contributed by atoms with Crippen LogP contribution in [0.4, 0.5) is 0 Å². The summed E-state index contributed by atoms with van der Waals surface area (Å²) in [7, 11) is 0. The molecule has 0 fully saturated rings. The van der Waals surface area contributed by atoms with Gasteiger partial charge in [-0.15, -0.1) is 0 Å². The Hall–Kier alpha value is -1.96. The summed E-state index contributed by atoms with van der Waals surface area (Å²) in [6.07, 6.45) is 3.86. The monoisotopic (exact) mass is 270 g/mol. The number of benzene rings is 2. The van der Waals surface area contributed by atoms with Crippen LogP contribution in [0.15, 0.2) is 36.4 Å². The smallest absolute Gasteiger partial charge is 0.118 e. The van der Waals surface area contributed by atoms with Crippen molar-refractivity contribution < 1.29 is 10.2 Å². The predicted octanol–water partition coefficient (Wildman–Crippen LogP) is 4.67. The molecule has 2 N–H and O–H groups in total. The molecule has 0 saturated carbocycles. The normalized spacial score (nSPS) is 10.7. The molecule has 0 saturated heterocycles. The van der Waals surface area contributed by atoms with Gasteiger partial charge in [0.15, 0.2) is 0 Å². The fraction of sp³-hybridized carbons (Fsp3) is 0.333. The minimum atomic E-state index is 0.310. The predicted molar refractivity (Wildman–Crippen MR) is 83.2 cm³/mol. The van der Waals surface area contributed by atoms with E-state index in [0.29, 0.717) is 11.5 Å². The van der Waals surface area contributed by atoms with Crippen LogP contribution >= 0.6 is 0 Å². The Kier molecular flexibility index (Phi) is 4.67. The fourth-order valence-corrected chi connectivity index (χ4v) is 2.56. The number of rotatable bonds is 5. The Morgan fingerprint density at radius 2 is 1.50 bits per heavy atom. The van der Waals surface area contributed by atoms with Crippen molar-refractivity contribution in [1.29, 1.82) is 0 Å². The van der Waals surface area contributed by atoms with Crippen molar-refractivity contribution in [2.45, 2.75) is 39.5 Å². The van der Waals surface area contributed by atoms with Crippen LogP contribution < -0.4 is 0 Å². The zero-order chi connectivity index (χ0) is 14.5. The molecule has 0 aliphatic rings. The highest BCUT2D eigenvalue weighted by Crippen LogP contribution is 2.31. The standard InChI is InChI=1S/C18H22O2/c1-3-5-13-12-16(19)8-9-17(13)14-7-10-18(20)15(11-14)6-4-2/h7-12,19-20H,3-6H2,1-2H3. The summed E-state index contributed by atoms with van der Waals surface area (Å²) in [5.74, 6) is 0.677. The average Bonchev–Trinajstić information content (AvgIpc) is 2.42. The Bertz CT molecular complexity index is 588. The van der Waals surface area contributed by atoms with E-state index in [2.05, 4.69) is 19.9 Å². The number of phenolic OH excluding ortho intramolecular Hbond substituents is 2. The molecule has 20 heavy (non-hydrogen) atoms. The second-order valence-corrected chi connectivity index (χ2v) is 5.18. The molecule has 2 aromatic carbocycles. The first-order chi connectivity index (χ1) is 9.65. The quantitative estimate of drug-likeness (QED) is 0.828. The van der Waals surface area contributed by atoms with Crippen molar-refractivity contribution in [3.63, 3.8) is 0 Å². The van der Waals surface area contributed by atoms with Crippen LogP contribution in [0.3, 0.4) is 0 Å². The first-order valence-electron chi connectivity index (χ1n) is 7.29. The highest BCUT2D eigenvalue weighted by molar-refractivity contribution is 5.70. The lowest BCUT2D eigenvalue weighted by atomic mass is 9.94. The summed E-state index contributed by atoms with van der Waals surface area (Å²) in [5.41, 5.74) is 4.39. The molecule has 2 aromatic rings. The van der Waals surface area contributed by atoms with Gasteiger partial charge in [0, 0.05) is 0 Å². The SMILES string of the molecule is CCCc1cc(-c2ccc(O)cc2CCC)ccc1O. The lowest BCUT2D eigenvalue weighted by Gasteiger charge is -2.12. The molecule has 0 aromatic heterocycles. The van der Waals surface area contributed by atoms with Crippen molar-refractivity contribution in [2.75, 3.05) is 0 Å². The summed E-state index contributed by atoms with van der Waals surface area (Å²) in [4.78, 5) is 0. The Morgan fingerprint density at radius 1 is 0.800 bits per heavy atom. The van der Waals surface area contributed by atoms with Crippen molar-refractivity contribution >= 4 is 0 Å². The van der Waals surface area contributed by atoms with Crippen LogP contribution in [0.5, 0.6) is 11.5 Å². The minimum absolute atomic E-state index is 0.310. The largest absolute Gasteiger partial charge is 0.508 e. The molecular formula is C18H22O2. The van der Waals surface area contributed by atoms with Gasteiger partial charge in [-0.3, -0.25) is 0 Å². The van der Waals surface area contributed by atoms with Crippen LogP contribution in [0.2, 0.25) is 0 Å². The van der Waals surface area contributed by atoms with E-state index in [1.165, 1.54) is 0 Å². The van der Waals surface area contributed by atoms with Crippen molar-refractivity contribution in [2.24, 2.45) is 0 Å². The lowest BCUT2D eigenvalue weighted by molar-refractivity contribution is 0.467. The number of hydrogen-bond donors (Lipinski definition) is 2. The van der Waals surface area contributed by atoms with Gasteiger partial charge in [-0.05, 0) is 59.4 Å². The number of aromatic hydroxyl groups is 2. The van der Waals surface area contributed by atoms with Crippen molar-refractivity contribution in [3.05, 3.63) is 47.5 Å². The van der Waals surface area contributed by atoms with Crippen LogP contribution in [0.25, 0.3) is 11.1 Å². The van der Waals surface area contributed by atoms with E-state index in [0.717, 1.165) is 47.9 Å². The Labute approximate surface area is 120 Å². The van der Waals surface area contributed by atoms with Crippen LogP contribution in [-0.2, 0) is 12.8 Å². The summed E-state index contributed by atoms with van der Waals surface area (Å²) in [6.45, 7) is 4.24. The molecular weight excluding hydrogens is 248 g/mol. The fourth-order valence-electron chi connectivity index (χ4n) is 2.56. The first-order valence-corrected chi connectivity index (χ1v) is 7.29. The van der Waals surface area contributed by atoms with Crippen LogP contribution in [-0.4, -0.2) is 10.2 Å². The van der Waals surface area contributed by atoms with E-state index >= 15 is 0 Å². The lowest BCUT2D eigenvalue weighted by Crippen LogP contribution is -1.91. The third kappa shape index (κ3) is 3.13. The summed E-state index contributed by atoms with van der Waals surface area (Å²) >= 11 is 0. The van der Waals surface area contributed by atoms with Gasteiger partial charge in [0.2, 0.25) is 0 Å². The molecule has 0 atom stereocenters. The second-order valence-electron chi connectivity index (χ2n) is 5.18. The number of phenols is 2. The first kappa shape index (κ1) is 14.4. The number of aryl methyl sites for hydroxylation is 2. The maximum atomic E-state index is 9.89. The zero-order valence-corrected chi connectivity index (χ0v) is 12.2. The van der Waals surface area contributed by atoms with Crippen LogP contribution in [0.1, 0.15) is 37.8 Å². The van der Waals surface area contributed by atoms with Gasteiger partial charge < -0.3 is 10.2 Å². The van der Waals surface area contributed by atoms with Crippen molar-refractivity contribution in [1.82, 2.24) is 0 Å². The van der Waals surface area contributed by atoms with E-state index in [1.807, 2.05) is 18.2 Å². The topological polar surface area (TPSA) is 40.5 Å². The Morgan fingerprint density at radius 3 is 2.20 bits per heavy atom. The number of hydrogen-bond acceptors (Lipinski definition) is 2. The third-order valence-corrected chi connectivity index (χ3v) is 3.52. The molecule has 0 bridgehead atoms. The molecule has 106 valence electrons. The van der Waals surface area contributed by atoms with E-state index in [9.17, 15) is 10.2 Å². The van der Waals surface area contributed by atoms with Gasteiger partial charge >= 0.3 is 0 Å². The van der Waals surface area contributed by atoms with Gasteiger partial charge in [0.1, 0.15) is 11.5 Å². The molecule has 2 rings (SSSR count). The highest BCUT2D eigenvalue weighted by Gasteiger charge is 2.08. The molecule has 0 amide bonds. The van der Waals surface area contributed by atoms with E-state index < -0.39 is 0 Å². The highest BCUT2D eigenvalue weighted by atomic mass is 16.3. The molecule has 0 spiro atoms. The molecule has 0 aliphatic heterocycles. The molecule has 0 radical (unpaired) electrons. The van der Waals surface area contributed by atoms with Gasteiger partial charge in [-0.25, -0.2) is 0 Å².